The second-order valence-corrected chi connectivity index (χ2v) is 4.92. The minimum absolute atomic E-state index is 0.512. The van der Waals surface area contributed by atoms with Crippen LogP contribution in [0.5, 0.6) is 0 Å². The minimum atomic E-state index is -1.09. The van der Waals surface area contributed by atoms with E-state index < -0.39 is 6.09 Å². The highest BCUT2D eigenvalue weighted by Crippen LogP contribution is 2.28. The molecule has 0 saturated carbocycles. The van der Waals surface area contributed by atoms with Crippen LogP contribution in [0.4, 0.5) is 10.5 Å². The first-order valence-corrected chi connectivity index (χ1v) is 6.67. The molecule has 0 radical (unpaired) electrons. The molecular weight excluding hydrogens is 288 g/mol. The Hall–Kier alpha value is -2.59. The lowest BCUT2D eigenvalue weighted by Crippen LogP contribution is -2.06. The fourth-order valence-corrected chi connectivity index (χ4v) is 2.39. The number of anilines is 1. The second kappa shape index (κ2) is 5.42. The number of nitrogens with zero attached hydrogens (tertiary/aromatic N) is 1. The molecule has 1 heterocycles. The molecule has 0 aliphatic carbocycles. The maximum atomic E-state index is 10.6. The number of carboxylic acid groups (broad SMARTS) is 1. The molecule has 4 nitrogen and oxygen atoms in total. The Labute approximate surface area is 126 Å². The van der Waals surface area contributed by atoms with Crippen molar-refractivity contribution in [3.8, 4) is 11.3 Å². The van der Waals surface area contributed by atoms with Crippen molar-refractivity contribution in [2.45, 2.75) is 0 Å². The zero-order valence-corrected chi connectivity index (χ0v) is 11.6. The van der Waals surface area contributed by atoms with Crippen molar-refractivity contribution < 1.29 is 9.90 Å². The molecule has 104 valence electrons. The smallest absolute Gasteiger partial charge is 0.409 e. The van der Waals surface area contributed by atoms with E-state index in [9.17, 15) is 4.79 Å². The number of amides is 1. The summed E-state index contributed by atoms with van der Waals surface area (Å²) in [6.07, 6.45) is -1.09. The third kappa shape index (κ3) is 2.80. The van der Waals surface area contributed by atoms with E-state index in [1.807, 2.05) is 30.3 Å². The Balaban J connectivity index is 2.02. The lowest BCUT2D eigenvalue weighted by atomic mass is 10.1. The highest BCUT2D eigenvalue weighted by atomic mass is 35.5. The van der Waals surface area contributed by atoms with Gasteiger partial charge in [0.05, 0.1) is 16.2 Å². The van der Waals surface area contributed by atoms with Crippen molar-refractivity contribution in [2.24, 2.45) is 0 Å². The summed E-state index contributed by atoms with van der Waals surface area (Å²) in [5.74, 6) is 0. The molecular formula is C16H11ClN2O2. The van der Waals surface area contributed by atoms with Crippen molar-refractivity contribution in [3.05, 3.63) is 59.6 Å². The highest BCUT2D eigenvalue weighted by Gasteiger charge is 2.06. The van der Waals surface area contributed by atoms with E-state index in [0.29, 0.717) is 10.7 Å². The SMILES string of the molecule is O=C(O)Nc1ccc(-c2cc(Cl)c3ccccc3n2)cc1. The van der Waals surface area contributed by atoms with Crippen LogP contribution in [0, 0.1) is 0 Å². The highest BCUT2D eigenvalue weighted by molar-refractivity contribution is 6.35. The number of para-hydroxylation sites is 1. The van der Waals surface area contributed by atoms with Crippen molar-refractivity contribution >= 4 is 34.3 Å². The molecule has 3 aromatic rings. The molecule has 1 aromatic heterocycles. The van der Waals surface area contributed by atoms with Crippen LogP contribution in [0.25, 0.3) is 22.2 Å². The van der Waals surface area contributed by atoms with Gasteiger partial charge in [-0.1, -0.05) is 41.9 Å². The summed E-state index contributed by atoms with van der Waals surface area (Å²) < 4.78 is 0. The van der Waals surface area contributed by atoms with Crippen LogP contribution < -0.4 is 5.32 Å². The maximum absolute atomic E-state index is 10.6. The number of rotatable bonds is 2. The fraction of sp³-hybridized carbons (Fsp3) is 0. The Kier molecular flexibility index (Phi) is 3.46. The number of benzene rings is 2. The predicted octanol–water partition coefficient (Wildman–Crippen LogP) is 4.65. The Morgan fingerprint density at radius 2 is 1.81 bits per heavy atom. The topological polar surface area (TPSA) is 62.2 Å². The molecule has 0 saturated heterocycles. The van der Waals surface area contributed by atoms with Crippen LogP contribution in [0.15, 0.2) is 54.6 Å². The van der Waals surface area contributed by atoms with Crippen LogP contribution in [0.3, 0.4) is 0 Å². The van der Waals surface area contributed by atoms with Gasteiger partial charge in [-0.15, -0.1) is 0 Å². The summed E-state index contributed by atoms with van der Waals surface area (Å²) >= 11 is 6.28. The number of hydrogen-bond acceptors (Lipinski definition) is 2. The van der Waals surface area contributed by atoms with Gasteiger partial charge in [0.15, 0.2) is 0 Å². The van der Waals surface area contributed by atoms with Crippen LogP contribution in [-0.2, 0) is 0 Å². The molecule has 2 aromatic carbocycles. The Morgan fingerprint density at radius 3 is 2.52 bits per heavy atom. The molecule has 5 heteroatoms. The van der Waals surface area contributed by atoms with E-state index in [0.717, 1.165) is 22.2 Å². The summed E-state index contributed by atoms with van der Waals surface area (Å²) in [6.45, 7) is 0. The standard InChI is InChI=1S/C16H11ClN2O2/c17-13-9-15(19-14-4-2-1-3-12(13)14)10-5-7-11(8-6-10)18-16(20)21/h1-9,18H,(H,20,21). The number of aromatic nitrogens is 1. The van der Waals surface area contributed by atoms with E-state index in [4.69, 9.17) is 16.7 Å². The van der Waals surface area contributed by atoms with Crippen LogP contribution in [-0.4, -0.2) is 16.2 Å². The van der Waals surface area contributed by atoms with Gasteiger partial charge in [-0.2, -0.15) is 0 Å². The number of halogens is 1. The molecule has 0 aliphatic heterocycles. The summed E-state index contributed by atoms with van der Waals surface area (Å²) in [5, 5.41) is 12.5. The van der Waals surface area contributed by atoms with E-state index >= 15 is 0 Å². The summed E-state index contributed by atoms with van der Waals surface area (Å²) in [7, 11) is 0. The van der Waals surface area contributed by atoms with Gasteiger partial charge in [0.1, 0.15) is 0 Å². The number of carbonyl (C=O) groups is 1. The summed E-state index contributed by atoms with van der Waals surface area (Å²) in [4.78, 5) is 15.1. The number of fused-ring (bicyclic) bond motifs is 1. The van der Waals surface area contributed by atoms with Crippen LogP contribution in [0.2, 0.25) is 5.02 Å². The zero-order chi connectivity index (χ0) is 14.8. The average Bonchev–Trinajstić information content (AvgIpc) is 2.47. The Bertz CT molecular complexity index is 816. The third-order valence-electron chi connectivity index (χ3n) is 3.10. The first-order valence-electron chi connectivity index (χ1n) is 6.29. The molecule has 3 rings (SSSR count). The zero-order valence-electron chi connectivity index (χ0n) is 10.9. The van der Waals surface area contributed by atoms with Crippen molar-refractivity contribution in [2.75, 3.05) is 5.32 Å². The molecule has 21 heavy (non-hydrogen) atoms. The lowest BCUT2D eigenvalue weighted by Gasteiger charge is -2.06. The first-order chi connectivity index (χ1) is 10.1. The van der Waals surface area contributed by atoms with E-state index in [1.54, 1.807) is 24.3 Å². The van der Waals surface area contributed by atoms with Crippen LogP contribution >= 0.6 is 11.6 Å². The van der Waals surface area contributed by atoms with Gasteiger partial charge in [-0.05, 0) is 24.3 Å². The maximum Gasteiger partial charge on any atom is 0.409 e. The van der Waals surface area contributed by atoms with Crippen molar-refractivity contribution in [3.63, 3.8) is 0 Å². The first kappa shape index (κ1) is 13.4. The molecule has 0 unspecified atom stereocenters. The lowest BCUT2D eigenvalue weighted by molar-refractivity contribution is 0.210. The molecule has 0 atom stereocenters. The van der Waals surface area contributed by atoms with Gasteiger partial charge in [0, 0.05) is 16.6 Å². The second-order valence-electron chi connectivity index (χ2n) is 4.51. The third-order valence-corrected chi connectivity index (χ3v) is 3.41. The van der Waals surface area contributed by atoms with Gasteiger partial charge in [-0.3, -0.25) is 5.32 Å². The van der Waals surface area contributed by atoms with Crippen LogP contribution in [0.1, 0.15) is 0 Å². The number of pyridine rings is 1. The van der Waals surface area contributed by atoms with Gasteiger partial charge in [0.2, 0.25) is 0 Å². The normalized spacial score (nSPS) is 10.5. The molecule has 1 amide bonds. The number of hydrogen-bond donors (Lipinski definition) is 2. The van der Waals surface area contributed by atoms with Gasteiger partial charge in [-0.25, -0.2) is 9.78 Å². The molecule has 0 bridgehead atoms. The molecule has 0 spiro atoms. The van der Waals surface area contributed by atoms with Crippen molar-refractivity contribution in [1.82, 2.24) is 4.98 Å². The van der Waals surface area contributed by atoms with E-state index in [1.165, 1.54) is 0 Å². The summed E-state index contributed by atoms with van der Waals surface area (Å²) in [5.41, 5.74) is 2.96. The number of nitrogens with one attached hydrogen (secondary N) is 1. The van der Waals surface area contributed by atoms with Crippen molar-refractivity contribution in [1.29, 1.82) is 0 Å². The quantitative estimate of drug-likeness (QED) is 0.724. The van der Waals surface area contributed by atoms with E-state index in [2.05, 4.69) is 10.3 Å². The predicted molar refractivity (Wildman–Crippen MR) is 83.8 cm³/mol. The van der Waals surface area contributed by atoms with Gasteiger partial charge in [0.25, 0.3) is 0 Å². The van der Waals surface area contributed by atoms with E-state index in [-0.39, 0.29) is 0 Å². The van der Waals surface area contributed by atoms with Gasteiger partial charge < -0.3 is 5.11 Å². The van der Waals surface area contributed by atoms with Gasteiger partial charge >= 0.3 is 6.09 Å². The monoisotopic (exact) mass is 298 g/mol. The summed E-state index contributed by atoms with van der Waals surface area (Å²) in [6, 6.07) is 16.5. The average molecular weight is 299 g/mol. The molecule has 2 N–H and O–H groups in total. The largest absolute Gasteiger partial charge is 0.465 e. The molecule has 0 fully saturated rings. The molecule has 0 aliphatic rings. The minimum Gasteiger partial charge on any atom is -0.465 e. The fourth-order valence-electron chi connectivity index (χ4n) is 2.13. The Morgan fingerprint density at radius 1 is 1.10 bits per heavy atom.